The molecule has 7 heteroatoms. The lowest BCUT2D eigenvalue weighted by Crippen LogP contribution is -2.42. The molecule has 2 aromatic heterocycles. The minimum absolute atomic E-state index is 0.230. The van der Waals surface area contributed by atoms with Gasteiger partial charge in [-0.1, -0.05) is 12.1 Å². The number of rotatable bonds is 5. The largest absolute Gasteiger partial charge is 0.342 e. The Balaban J connectivity index is 1.38. The van der Waals surface area contributed by atoms with E-state index >= 15 is 0 Å². The predicted octanol–water partition coefficient (Wildman–Crippen LogP) is 1.68. The number of benzene rings is 1. The van der Waals surface area contributed by atoms with Crippen molar-refractivity contribution in [3.63, 3.8) is 0 Å². The molecule has 0 bridgehead atoms. The summed E-state index contributed by atoms with van der Waals surface area (Å²) in [7, 11) is 0. The minimum Gasteiger partial charge on any atom is -0.342 e. The molecule has 1 aliphatic rings. The fraction of sp³-hybridized carbons (Fsp3) is 0.450. The minimum atomic E-state index is -0.323. The average Bonchev–Trinajstić information content (AvgIpc) is 3.03. The maximum absolute atomic E-state index is 12.0. The van der Waals surface area contributed by atoms with Crippen LogP contribution in [0.15, 0.2) is 39.9 Å². The third-order valence-electron chi connectivity index (χ3n) is 5.32. The third-order valence-corrected chi connectivity index (χ3v) is 5.32. The van der Waals surface area contributed by atoms with Crippen molar-refractivity contribution in [3.8, 4) is 0 Å². The normalized spacial score (nSPS) is 18.2. The number of imidazole rings is 1. The molecule has 7 nitrogen and oxygen atoms in total. The van der Waals surface area contributed by atoms with Gasteiger partial charge in [-0.25, -0.2) is 9.78 Å². The van der Waals surface area contributed by atoms with Gasteiger partial charge in [-0.2, -0.15) is 0 Å². The van der Waals surface area contributed by atoms with Gasteiger partial charge in [0.15, 0.2) is 0 Å². The van der Waals surface area contributed by atoms with Gasteiger partial charge in [-0.05, 0) is 44.4 Å². The summed E-state index contributed by atoms with van der Waals surface area (Å²) in [6, 6.07) is 9.57. The lowest BCUT2D eigenvalue weighted by Gasteiger charge is -2.32. The van der Waals surface area contributed by atoms with E-state index in [0.717, 1.165) is 42.8 Å². The van der Waals surface area contributed by atoms with Crippen molar-refractivity contribution in [2.45, 2.75) is 32.7 Å². The van der Waals surface area contributed by atoms with Crippen LogP contribution in [0.2, 0.25) is 0 Å². The van der Waals surface area contributed by atoms with Crippen LogP contribution >= 0.6 is 0 Å². The molecule has 4 rings (SSSR count). The third kappa shape index (κ3) is 4.03. The van der Waals surface area contributed by atoms with Gasteiger partial charge in [0.1, 0.15) is 5.82 Å². The van der Waals surface area contributed by atoms with Gasteiger partial charge in [-0.3, -0.25) is 9.36 Å². The number of nitrogens with one attached hydrogen (secondary N) is 2. The summed E-state index contributed by atoms with van der Waals surface area (Å²) in [4.78, 5) is 37.2. The zero-order valence-electron chi connectivity index (χ0n) is 15.6. The van der Waals surface area contributed by atoms with Crippen LogP contribution in [0.3, 0.4) is 0 Å². The van der Waals surface area contributed by atoms with Crippen LogP contribution in [0.4, 0.5) is 0 Å². The number of aromatic nitrogens is 4. The van der Waals surface area contributed by atoms with Crippen LogP contribution in [0.5, 0.6) is 0 Å². The van der Waals surface area contributed by atoms with Crippen molar-refractivity contribution in [2.75, 3.05) is 19.6 Å². The van der Waals surface area contributed by atoms with Gasteiger partial charge in [0, 0.05) is 37.8 Å². The summed E-state index contributed by atoms with van der Waals surface area (Å²) in [5.74, 6) is 1.57. The van der Waals surface area contributed by atoms with Gasteiger partial charge in [0.2, 0.25) is 0 Å². The van der Waals surface area contributed by atoms with Gasteiger partial charge < -0.3 is 14.9 Å². The first kappa shape index (κ1) is 17.7. The van der Waals surface area contributed by atoms with E-state index in [2.05, 4.69) is 20.9 Å². The molecule has 1 aliphatic heterocycles. The van der Waals surface area contributed by atoms with Crippen molar-refractivity contribution >= 4 is 11.0 Å². The molecule has 2 N–H and O–H groups in total. The van der Waals surface area contributed by atoms with Crippen molar-refractivity contribution in [2.24, 2.45) is 5.92 Å². The highest BCUT2D eigenvalue weighted by atomic mass is 16.2. The Kier molecular flexibility index (Phi) is 4.94. The molecule has 0 radical (unpaired) electrons. The fourth-order valence-electron chi connectivity index (χ4n) is 3.99. The zero-order valence-corrected chi connectivity index (χ0v) is 15.6. The predicted molar refractivity (Wildman–Crippen MR) is 105 cm³/mol. The highest BCUT2D eigenvalue weighted by Gasteiger charge is 2.21. The highest BCUT2D eigenvalue weighted by Crippen LogP contribution is 2.21. The van der Waals surface area contributed by atoms with Crippen molar-refractivity contribution < 1.29 is 0 Å². The van der Waals surface area contributed by atoms with Crippen LogP contribution in [0.25, 0.3) is 11.0 Å². The number of fused-ring (bicyclic) bond motifs is 1. The van der Waals surface area contributed by atoms with Gasteiger partial charge in [0.25, 0.3) is 5.56 Å². The second kappa shape index (κ2) is 7.52. The Bertz CT molecular complexity index is 984. The van der Waals surface area contributed by atoms with Gasteiger partial charge in [0.05, 0.1) is 11.0 Å². The number of aromatic amines is 2. The molecular formula is C20H25N5O2. The molecule has 0 aliphatic carbocycles. The second-order valence-electron chi connectivity index (χ2n) is 7.46. The molecule has 0 amide bonds. The molecule has 142 valence electrons. The molecule has 1 saturated heterocycles. The Morgan fingerprint density at radius 3 is 2.85 bits per heavy atom. The molecule has 3 heterocycles. The molecule has 27 heavy (non-hydrogen) atoms. The molecule has 1 aromatic carbocycles. The molecule has 3 aromatic rings. The Labute approximate surface area is 157 Å². The number of piperidine rings is 1. The van der Waals surface area contributed by atoms with Gasteiger partial charge in [-0.15, -0.1) is 0 Å². The number of hydrogen-bond donors (Lipinski definition) is 2. The van der Waals surface area contributed by atoms with Crippen LogP contribution in [-0.2, 0) is 13.0 Å². The number of likely N-dealkylation sites (tertiary alicyclic amines) is 1. The van der Waals surface area contributed by atoms with Crippen molar-refractivity contribution in [3.05, 3.63) is 62.7 Å². The molecule has 0 saturated carbocycles. The van der Waals surface area contributed by atoms with Crippen LogP contribution in [0.1, 0.15) is 24.4 Å². The van der Waals surface area contributed by atoms with E-state index < -0.39 is 0 Å². The van der Waals surface area contributed by atoms with Crippen LogP contribution < -0.4 is 11.2 Å². The number of aryl methyl sites for hydroxylation is 1. The van der Waals surface area contributed by atoms with E-state index in [4.69, 9.17) is 4.98 Å². The standard InChI is InChI=1S/C20H25N5O2/c1-14-11-19(26)25(20(27)21-14)10-9-24-8-4-5-15(13-24)12-18-22-16-6-2-3-7-17(16)23-18/h2-3,6-7,11,15H,4-5,8-10,12-13H2,1H3,(H,21,27)(H,22,23)/t15-/m1/s1. The van der Waals surface area contributed by atoms with E-state index in [1.54, 1.807) is 6.92 Å². The van der Waals surface area contributed by atoms with E-state index in [1.807, 2.05) is 18.2 Å². The molecular weight excluding hydrogens is 342 g/mol. The number of hydrogen-bond acceptors (Lipinski definition) is 4. The van der Waals surface area contributed by atoms with Crippen LogP contribution in [0, 0.1) is 12.8 Å². The number of nitrogens with zero attached hydrogens (tertiary/aromatic N) is 3. The van der Waals surface area contributed by atoms with Crippen LogP contribution in [-0.4, -0.2) is 44.1 Å². The second-order valence-corrected chi connectivity index (χ2v) is 7.46. The van der Waals surface area contributed by atoms with E-state index in [0.29, 0.717) is 24.7 Å². The number of H-pyrrole nitrogens is 2. The first-order chi connectivity index (χ1) is 13.1. The van der Waals surface area contributed by atoms with E-state index in [-0.39, 0.29) is 11.2 Å². The Morgan fingerprint density at radius 2 is 2.04 bits per heavy atom. The average molecular weight is 367 g/mol. The molecule has 0 spiro atoms. The summed E-state index contributed by atoms with van der Waals surface area (Å²) >= 11 is 0. The Hall–Kier alpha value is -2.67. The Morgan fingerprint density at radius 1 is 1.19 bits per heavy atom. The van der Waals surface area contributed by atoms with E-state index in [1.165, 1.54) is 17.1 Å². The molecule has 1 atom stereocenters. The molecule has 0 unspecified atom stereocenters. The van der Waals surface area contributed by atoms with E-state index in [9.17, 15) is 9.59 Å². The maximum atomic E-state index is 12.0. The summed E-state index contributed by atoms with van der Waals surface area (Å²) in [6.45, 7) is 4.83. The maximum Gasteiger partial charge on any atom is 0.328 e. The zero-order chi connectivity index (χ0) is 18.8. The topological polar surface area (TPSA) is 86.8 Å². The summed E-state index contributed by atoms with van der Waals surface area (Å²) in [5.41, 5.74) is 2.14. The first-order valence-electron chi connectivity index (χ1n) is 9.55. The SMILES string of the molecule is Cc1cc(=O)n(CCN2CCC[C@H](Cc3nc4ccccc4[nH]3)C2)c(=O)[nH]1. The molecule has 1 fully saturated rings. The lowest BCUT2D eigenvalue weighted by atomic mass is 9.94. The fourth-order valence-corrected chi connectivity index (χ4v) is 3.99. The number of para-hydroxylation sites is 2. The highest BCUT2D eigenvalue weighted by molar-refractivity contribution is 5.74. The van der Waals surface area contributed by atoms with Crippen molar-refractivity contribution in [1.29, 1.82) is 0 Å². The lowest BCUT2D eigenvalue weighted by molar-refractivity contribution is 0.166. The smallest absolute Gasteiger partial charge is 0.328 e. The summed E-state index contributed by atoms with van der Waals surface area (Å²) in [5, 5.41) is 0. The monoisotopic (exact) mass is 367 g/mol. The van der Waals surface area contributed by atoms with Gasteiger partial charge >= 0.3 is 5.69 Å². The van der Waals surface area contributed by atoms with Crippen molar-refractivity contribution in [1.82, 2.24) is 24.4 Å². The summed E-state index contributed by atoms with van der Waals surface area (Å²) in [6.07, 6.45) is 3.24. The summed E-state index contributed by atoms with van der Waals surface area (Å²) < 4.78 is 1.29. The first-order valence-corrected chi connectivity index (χ1v) is 9.55. The quantitative estimate of drug-likeness (QED) is 0.718.